The van der Waals surface area contributed by atoms with Gasteiger partial charge in [0.05, 0.1) is 5.69 Å². The Bertz CT molecular complexity index is 416. The molecule has 3 heteroatoms. The highest BCUT2D eigenvalue weighted by molar-refractivity contribution is 5.40. The smallest absolute Gasteiger partial charge is 0.250 e. The van der Waals surface area contributed by atoms with Crippen LogP contribution >= 0.6 is 0 Å². The third kappa shape index (κ3) is 3.35. The Morgan fingerprint density at radius 2 is 2.00 bits per heavy atom. The van der Waals surface area contributed by atoms with Crippen molar-refractivity contribution in [2.24, 2.45) is 18.9 Å². The highest BCUT2D eigenvalue weighted by Gasteiger charge is 2.17. The van der Waals surface area contributed by atoms with E-state index in [-0.39, 0.29) is 5.56 Å². The van der Waals surface area contributed by atoms with E-state index in [1.165, 1.54) is 25.7 Å². The maximum absolute atomic E-state index is 11.2. The van der Waals surface area contributed by atoms with Crippen LogP contribution in [0.15, 0.2) is 23.1 Å². The second-order valence-electron chi connectivity index (χ2n) is 5.37. The molecule has 1 aromatic rings. The Labute approximate surface area is 103 Å². The summed E-state index contributed by atoms with van der Waals surface area (Å²) in [6, 6.07) is 3.49. The summed E-state index contributed by atoms with van der Waals surface area (Å²) in [4.78, 5) is 11.2. The van der Waals surface area contributed by atoms with Crippen LogP contribution in [0.4, 0.5) is 5.69 Å². The zero-order chi connectivity index (χ0) is 12.3. The van der Waals surface area contributed by atoms with E-state index in [0.29, 0.717) is 0 Å². The summed E-state index contributed by atoms with van der Waals surface area (Å²) in [6.07, 6.45) is 7.26. The molecule has 1 N–H and O–H groups in total. The van der Waals surface area contributed by atoms with Gasteiger partial charge >= 0.3 is 0 Å². The van der Waals surface area contributed by atoms with Crippen LogP contribution in [0.2, 0.25) is 0 Å². The van der Waals surface area contributed by atoms with Crippen molar-refractivity contribution in [3.8, 4) is 0 Å². The first kappa shape index (κ1) is 12.2. The SMILES string of the molecule is CC1CCC(CNc2ccc(=O)n(C)c2)CC1. The van der Waals surface area contributed by atoms with Crippen molar-refractivity contribution in [1.82, 2.24) is 4.57 Å². The fourth-order valence-electron chi connectivity index (χ4n) is 2.49. The van der Waals surface area contributed by atoms with Crippen molar-refractivity contribution in [3.63, 3.8) is 0 Å². The zero-order valence-electron chi connectivity index (χ0n) is 10.8. The van der Waals surface area contributed by atoms with Gasteiger partial charge in [0.15, 0.2) is 0 Å². The zero-order valence-corrected chi connectivity index (χ0v) is 10.8. The quantitative estimate of drug-likeness (QED) is 0.872. The summed E-state index contributed by atoms with van der Waals surface area (Å²) in [5, 5.41) is 3.44. The van der Waals surface area contributed by atoms with Gasteiger partial charge < -0.3 is 9.88 Å². The van der Waals surface area contributed by atoms with E-state index < -0.39 is 0 Å². The molecular formula is C14H22N2O. The first-order valence-corrected chi connectivity index (χ1v) is 6.55. The molecule has 0 spiro atoms. The molecule has 3 nitrogen and oxygen atoms in total. The fourth-order valence-corrected chi connectivity index (χ4v) is 2.49. The molecule has 0 radical (unpaired) electrons. The van der Waals surface area contributed by atoms with E-state index in [1.54, 1.807) is 17.7 Å². The minimum absolute atomic E-state index is 0.0436. The number of hydrogen-bond donors (Lipinski definition) is 1. The van der Waals surface area contributed by atoms with Crippen LogP contribution in [0, 0.1) is 11.8 Å². The minimum Gasteiger partial charge on any atom is -0.384 e. The predicted octanol–water partition coefficient (Wildman–Crippen LogP) is 2.62. The van der Waals surface area contributed by atoms with E-state index in [1.807, 2.05) is 12.3 Å². The van der Waals surface area contributed by atoms with Gasteiger partial charge in [-0.3, -0.25) is 4.79 Å². The number of nitrogens with one attached hydrogen (secondary N) is 1. The monoisotopic (exact) mass is 234 g/mol. The fraction of sp³-hybridized carbons (Fsp3) is 0.643. The maximum atomic E-state index is 11.2. The Hall–Kier alpha value is -1.25. The first-order valence-electron chi connectivity index (χ1n) is 6.55. The predicted molar refractivity (Wildman–Crippen MR) is 71.3 cm³/mol. The first-order chi connectivity index (χ1) is 8.15. The molecular weight excluding hydrogens is 212 g/mol. The molecule has 2 rings (SSSR count). The highest BCUT2D eigenvalue weighted by atomic mass is 16.1. The lowest BCUT2D eigenvalue weighted by Crippen LogP contribution is -2.21. The van der Waals surface area contributed by atoms with Crippen LogP contribution in [0.5, 0.6) is 0 Å². The van der Waals surface area contributed by atoms with Crippen molar-refractivity contribution in [2.75, 3.05) is 11.9 Å². The number of aryl methyl sites for hydroxylation is 1. The molecule has 94 valence electrons. The van der Waals surface area contributed by atoms with Crippen molar-refractivity contribution in [1.29, 1.82) is 0 Å². The van der Waals surface area contributed by atoms with E-state index in [2.05, 4.69) is 12.2 Å². The molecule has 0 atom stereocenters. The van der Waals surface area contributed by atoms with Gasteiger partial charge in [-0.25, -0.2) is 0 Å². The molecule has 0 aromatic carbocycles. The summed E-state index contributed by atoms with van der Waals surface area (Å²) in [5.41, 5.74) is 1.09. The van der Waals surface area contributed by atoms with Crippen molar-refractivity contribution < 1.29 is 0 Å². The topological polar surface area (TPSA) is 34.0 Å². The van der Waals surface area contributed by atoms with Crippen molar-refractivity contribution in [2.45, 2.75) is 32.6 Å². The standard InChI is InChI=1S/C14H22N2O/c1-11-3-5-12(6-4-11)9-15-13-7-8-14(17)16(2)10-13/h7-8,10-12,15H,3-6,9H2,1-2H3. The molecule has 0 aliphatic heterocycles. The minimum atomic E-state index is 0.0436. The molecule has 1 heterocycles. The van der Waals surface area contributed by atoms with Gasteiger partial charge in [0.25, 0.3) is 0 Å². The average Bonchev–Trinajstić information content (AvgIpc) is 2.33. The van der Waals surface area contributed by atoms with Crippen LogP contribution in [-0.2, 0) is 7.05 Å². The van der Waals surface area contributed by atoms with Gasteiger partial charge in [0.2, 0.25) is 5.56 Å². The van der Waals surface area contributed by atoms with Crippen LogP contribution in [0.1, 0.15) is 32.6 Å². The van der Waals surface area contributed by atoms with Gasteiger partial charge in [-0.05, 0) is 30.7 Å². The molecule has 17 heavy (non-hydrogen) atoms. The van der Waals surface area contributed by atoms with Crippen LogP contribution < -0.4 is 10.9 Å². The molecule has 1 fully saturated rings. The number of hydrogen-bond acceptors (Lipinski definition) is 2. The molecule has 1 saturated carbocycles. The normalized spacial score (nSPS) is 24.6. The number of pyridine rings is 1. The van der Waals surface area contributed by atoms with Gasteiger partial charge in [0.1, 0.15) is 0 Å². The highest BCUT2D eigenvalue weighted by Crippen LogP contribution is 2.28. The molecule has 1 aliphatic rings. The molecule has 0 amide bonds. The number of aromatic nitrogens is 1. The number of nitrogens with zero attached hydrogens (tertiary/aromatic N) is 1. The Morgan fingerprint density at radius 3 is 2.65 bits per heavy atom. The Morgan fingerprint density at radius 1 is 1.29 bits per heavy atom. The largest absolute Gasteiger partial charge is 0.384 e. The van der Waals surface area contributed by atoms with Crippen LogP contribution in [0.25, 0.3) is 0 Å². The lowest BCUT2D eigenvalue weighted by atomic mass is 9.83. The van der Waals surface area contributed by atoms with Crippen LogP contribution in [-0.4, -0.2) is 11.1 Å². The molecule has 1 aromatic heterocycles. The average molecular weight is 234 g/mol. The Kier molecular flexibility index (Phi) is 3.87. The van der Waals surface area contributed by atoms with E-state index >= 15 is 0 Å². The third-order valence-electron chi connectivity index (χ3n) is 3.82. The van der Waals surface area contributed by atoms with E-state index in [4.69, 9.17) is 0 Å². The number of anilines is 1. The molecule has 1 aliphatic carbocycles. The summed E-state index contributed by atoms with van der Waals surface area (Å²) < 4.78 is 1.62. The second-order valence-corrected chi connectivity index (χ2v) is 5.37. The summed E-state index contributed by atoms with van der Waals surface area (Å²) in [5.74, 6) is 1.70. The molecule has 0 bridgehead atoms. The molecule has 0 unspecified atom stereocenters. The maximum Gasteiger partial charge on any atom is 0.250 e. The summed E-state index contributed by atoms with van der Waals surface area (Å²) in [7, 11) is 1.79. The van der Waals surface area contributed by atoms with Crippen LogP contribution in [0.3, 0.4) is 0 Å². The van der Waals surface area contributed by atoms with E-state index in [9.17, 15) is 4.79 Å². The van der Waals surface area contributed by atoms with E-state index in [0.717, 1.165) is 24.1 Å². The lowest BCUT2D eigenvalue weighted by molar-refractivity contribution is 0.300. The molecule has 0 saturated heterocycles. The third-order valence-corrected chi connectivity index (χ3v) is 3.82. The summed E-state index contributed by atoms with van der Waals surface area (Å²) in [6.45, 7) is 3.38. The van der Waals surface area contributed by atoms with Gasteiger partial charge in [0, 0.05) is 25.9 Å². The van der Waals surface area contributed by atoms with Gasteiger partial charge in [-0.1, -0.05) is 19.8 Å². The summed E-state index contributed by atoms with van der Waals surface area (Å²) >= 11 is 0. The lowest BCUT2D eigenvalue weighted by Gasteiger charge is -2.26. The Balaban J connectivity index is 1.85. The number of rotatable bonds is 3. The second kappa shape index (κ2) is 5.39. The van der Waals surface area contributed by atoms with Crippen molar-refractivity contribution >= 4 is 5.69 Å². The van der Waals surface area contributed by atoms with Gasteiger partial charge in [-0.2, -0.15) is 0 Å². The van der Waals surface area contributed by atoms with Gasteiger partial charge in [-0.15, -0.1) is 0 Å². The van der Waals surface area contributed by atoms with Crippen molar-refractivity contribution in [3.05, 3.63) is 28.7 Å².